The first-order valence-electron chi connectivity index (χ1n) is 6.22. The van der Waals surface area contributed by atoms with Gasteiger partial charge in [0, 0.05) is 12.8 Å². The van der Waals surface area contributed by atoms with Crippen molar-refractivity contribution in [2.45, 2.75) is 11.4 Å². The normalized spacial score (nSPS) is 25.1. The summed E-state index contributed by atoms with van der Waals surface area (Å²) in [6, 6.07) is -0.650. The van der Waals surface area contributed by atoms with Gasteiger partial charge < -0.3 is 10.8 Å². The number of nitrogens with two attached hydrogens (primary N) is 1. The molecule has 1 fully saturated rings. The fourth-order valence-electron chi connectivity index (χ4n) is 2.33. The van der Waals surface area contributed by atoms with Crippen molar-refractivity contribution >= 4 is 41.2 Å². The standard InChI is InChI=1S/C11H12N6O3S2/c1-16-8(13-14-15-16)5(21)2-4-3-22-10-6(12)9(18)17(10)7(4)11(19)20/h2,6,10,21H,3,12H2,1H3,(H,19,20). The van der Waals surface area contributed by atoms with Crippen molar-refractivity contribution < 1.29 is 14.7 Å². The number of aryl methyl sites for hydroxylation is 1. The van der Waals surface area contributed by atoms with Gasteiger partial charge in [0.25, 0.3) is 0 Å². The second-order valence-electron chi connectivity index (χ2n) is 4.77. The Morgan fingerprint density at radius 1 is 1.59 bits per heavy atom. The molecular weight excluding hydrogens is 328 g/mol. The maximum atomic E-state index is 11.8. The van der Waals surface area contributed by atoms with Crippen LogP contribution in [0.25, 0.3) is 4.91 Å². The number of thioether (sulfide) groups is 1. The first-order valence-corrected chi connectivity index (χ1v) is 7.71. The molecule has 2 aliphatic heterocycles. The zero-order chi connectivity index (χ0) is 16.0. The summed E-state index contributed by atoms with van der Waals surface area (Å²) in [5, 5.41) is 20.1. The Morgan fingerprint density at radius 3 is 2.91 bits per heavy atom. The molecule has 3 N–H and O–H groups in total. The van der Waals surface area contributed by atoms with Crippen molar-refractivity contribution in [1.82, 2.24) is 25.1 Å². The number of nitrogens with zero attached hydrogens (tertiary/aromatic N) is 5. The van der Waals surface area contributed by atoms with E-state index in [0.29, 0.717) is 22.1 Å². The monoisotopic (exact) mass is 340 g/mol. The van der Waals surface area contributed by atoms with E-state index < -0.39 is 12.0 Å². The molecule has 2 aliphatic rings. The van der Waals surface area contributed by atoms with Gasteiger partial charge >= 0.3 is 5.97 Å². The van der Waals surface area contributed by atoms with Gasteiger partial charge in [-0.15, -0.1) is 29.5 Å². The number of β-lactam (4-membered cyclic amide) rings is 1. The van der Waals surface area contributed by atoms with Crippen LogP contribution >= 0.6 is 24.4 Å². The number of thiol groups is 1. The number of hydrogen-bond acceptors (Lipinski definition) is 8. The molecule has 0 radical (unpaired) electrons. The molecule has 1 aromatic rings. The quantitative estimate of drug-likeness (QED) is 0.475. The first-order chi connectivity index (χ1) is 10.4. The summed E-state index contributed by atoms with van der Waals surface area (Å²) in [7, 11) is 1.65. The number of carboxylic acids is 1. The van der Waals surface area contributed by atoms with Gasteiger partial charge in [-0.25, -0.2) is 9.48 Å². The minimum absolute atomic E-state index is 0.0582. The van der Waals surface area contributed by atoms with Gasteiger partial charge in [-0.3, -0.25) is 9.69 Å². The topological polar surface area (TPSA) is 127 Å². The summed E-state index contributed by atoms with van der Waals surface area (Å²) < 4.78 is 1.42. The number of amides is 1. The maximum absolute atomic E-state index is 11.8. The lowest BCUT2D eigenvalue weighted by Gasteiger charge is -2.47. The summed E-state index contributed by atoms with van der Waals surface area (Å²) in [6.45, 7) is 0. The summed E-state index contributed by atoms with van der Waals surface area (Å²) in [5.74, 6) is -0.742. The van der Waals surface area contributed by atoms with Gasteiger partial charge in [-0.05, 0) is 22.1 Å². The first kappa shape index (κ1) is 15.1. The minimum Gasteiger partial charge on any atom is -0.477 e. The average Bonchev–Trinajstić information content (AvgIpc) is 2.91. The molecule has 3 rings (SSSR count). The highest BCUT2D eigenvalue weighted by Gasteiger charge is 2.51. The number of carboxylic acid groups (broad SMARTS) is 1. The summed E-state index contributed by atoms with van der Waals surface area (Å²) in [6.07, 6.45) is 1.57. The van der Waals surface area contributed by atoms with Crippen molar-refractivity contribution in [3.63, 3.8) is 0 Å². The van der Waals surface area contributed by atoms with E-state index in [2.05, 4.69) is 28.2 Å². The third-order valence-electron chi connectivity index (χ3n) is 3.40. The summed E-state index contributed by atoms with van der Waals surface area (Å²) >= 11 is 5.74. The zero-order valence-corrected chi connectivity index (χ0v) is 13.1. The predicted octanol–water partition coefficient (Wildman–Crippen LogP) is -0.938. The van der Waals surface area contributed by atoms with Crippen LogP contribution in [0.2, 0.25) is 0 Å². The van der Waals surface area contributed by atoms with Crippen LogP contribution in [0.15, 0.2) is 17.3 Å². The molecule has 11 heteroatoms. The van der Waals surface area contributed by atoms with Gasteiger partial charge in [0.2, 0.25) is 5.91 Å². The SMILES string of the molecule is Cn1nnnc1C(S)=CC1=C(C(=O)O)N2C(=O)C(N)C2SC1. The molecule has 2 unspecified atom stereocenters. The smallest absolute Gasteiger partial charge is 0.352 e. The lowest BCUT2D eigenvalue weighted by Crippen LogP contribution is -2.68. The predicted molar refractivity (Wildman–Crippen MR) is 81.5 cm³/mol. The Morgan fingerprint density at radius 2 is 2.32 bits per heavy atom. The van der Waals surface area contributed by atoms with Crippen LogP contribution in [0.1, 0.15) is 5.82 Å². The highest BCUT2D eigenvalue weighted by Crippen LogP contribution is 2.40. The number of hydrogen-bond donors (Lipinski definition) is 3. The molecule has 1 saturated heterocycles. The highest BCUT2D eigenvalue weighted by atomic mass is 32.2. The number of allylic oxidation sites excluding steroid dienone is 1. The van der Waals surface area contributed by atoms with Crippen LogP contribution in [0.3, 0.4) is 0 Å². The van der Waals surface area contributed by atoms with Crippen LogP contribution in [0.5, 0.6) is 0 Å². The van der Waals surface area contributed by atoms with Crippen LogP contribution in [-0.2, 0) is 16.6 Å². The number of aliphatic carboxylic acids is 1. The molecule has 0 aliphatic carbocycles. The van der Waals surface area contributed by atoms with E-state index >= 15 is 0 Å². The van der Waals surface area contributed by atoms with Gasteiger partial charge in [0.05, 0.1) is 4.91 Å². The van der Waals surface area contributed by atoms with Crippen LogP contribution in [0.4, 0.5) is 0 Å². The Labute approximate surface area is 134 Å². The van der Waals surface area contributed by atoms with Gasteiger partial charge in [0.15, 0.2) is 5.82 Å². The van der Waals surface area contributed by atoms with E-state index in [0.717, 1.165) is 0 Å². The van der Waals surface area contributed by atoms with Crippen LogP contribution in [0, 0.1) is 0 Å². The van der Waals surface area contributed by atoms with E-state index in [4.69, 9.17) is 5.73 Å². The third-order valence-corrected chi connectivity index (χ3v) is 5.05. The minimum atomic E-state index is -1.17. The third kappa shape index (κ3) is 2.21. The number of aromatic nitrogens is 4. The average molecular weight is 340 g/mol. The van der Waals surface area contributed by atoms with E-state index in [1.54, 1.807) is 13.1 Å². The summed E-state index contributed by atoms with van der Waals surface area (Å²) in [4.78, 5) is 25.0. The van der Waals surface area contributed by atoms with Crippen molar-refractivity contribution in [1.29, 1.82) is 0 Å². The summed E-state index contributed by atoms with van der Waals surface area (Å²) in [5.41, 5.74) is 6.11. The van der Waals surface area contributed by atoms with Gasteiger partial charge in [0.1, 0.15) is 17.1 Å². The van der Waals surface area contributed by atoms with Crippen molar-refractivity contribution in [2.75, 3.05) is 5.75 Å². The van der Waals surface area contributed by atoms with E-state index in [-0.39, 0.29) is 17.0 Å². The molecular formula is C11H12N6O3S2. The Hall–Kier alpha value is -1.85. The number of carbonyl (C=O) groups excluding carboxylic acids is 1. The molecule has 0 bridgehead atoms. The molecule has 9 nitrogen and oxygen atoms in total. The number of carbonyl (C=O) groups is 2. The van der Waals surface area contributed by atoms with Crippen LogP contribution in [-0.4, -0.2) is 59.3 Å². The lowest BCUT2D eigenvalue weighted by atomic mass is 10.0. The molecule has 2 atom stereocenters. The van der Waals surface area contributed by atoms with Gasteiger partial charge in [-0.1, -0.05) is 0 Å². The largest absolute Gasteiger partial charge is 0.477 e. The Bertz CT molecular complexity index is 727. The molecule has 1 amide bonds. The Balaban J connectivity index is 2.02. The van der Waals surface area contributed by atoms with E-state index in [9.17, 15) is 14.7 Å². The zero-order valence-electron chi connectivity index (χ0n) is 11.4. The Kier molecular flexibility index (Phi) is 3.70. The molecule has 22 heavy (non-hydrogen) atoms. The molecule has 3 heterocycles. The fraction of sp³-hybridized carbons (Fsp3) is 0.364. The number of rotatable bonds is 3. The second kappa shape index (κ2) is 5.41. The number of tetrazole rings is 1. The maximum Gasteiger partial charge on any atom is 0.352 e. The van der Waals surface area contributed by atoms with Crippen LogP contribution < -0.4 is 5.73 Å². The number of fused-ring (bicyclic) bond motifs is 1. The molecule has 116 valence electrons. The molecule has 1 aromatic heterocycles. The lowest BCUT2D eigenvalue weighted by molar-refractivity contribution is -0.147. The molecule has 0 spiro atoms. The molecule has 0 saturated carbocycles. The van der Waals surface area contributed by atoms with E-state index in [1.807, 2.05) is 0 Å². The molecule has 0 aromatic carbocycles. The second-order valence-corrected chi connectivity index (χ2v) is 6.36. The van der Waals surface area contributed by atoms with Gasteiger partial charge in [-0.2, -0.15) is 0 Å². The fourth-order valence-corrected chi connectivity index (χ4v) is 3.92. The van der Waals surface area contributed by atoms with Crippen molar-refractivity contribution in [3.8, 4) is 0 Å². The van der Waals surface area contributed by atoms with Crippen molar-refractivity contribution in [2.24, 2.45) is 12.8 Å². The highest BCUT2D eigenvalue weighted by molar-refractivity contribution is 8.00. The van der Waals surface area contributed by atoms with Crippen molar-refractivity contribution in [3.05, 3.63) is 23.2 Å². The van der Waals surface area contributed by atoms with E-state index in [1.165, 1.54) is 21.3 Å².